The molecule has 3 nitrogen and oxygen atoms in total. The molecule has 0 radical (unpaired) electrons. The lowest BCUT2D eigenvalue weighted by Gasteiger charge is -2.37. The Labute approximate surface area is 131 Å². The maximum absolute atomic E-state index is 6.31. The van der Waals surface area contributed by atoms with Crippen LogP contribution in [0.4, 0.5) is 0 Å². The number of ether oxygens (including phenoxy) is 1. The first kappa shape index (κ1) is 16.0. The molecule has 1 aromatic rings. The van der Waals surface area contributed by atoms with Crippen LogP contribution in [0, 0.1) is 5.92 Å². The zero-order valence-electron chi connectivity index (χ0n) is 12.5. The Kier molecular flexibility index (Phi) is 4.93. The van der Waals surface area contributed by atoms with Crippen molar-refractivity contribution in [3.63, 3.8) is 0 Å². The van der Waals surface area contributed by atoms with E-state index in [1.165, 1.54) is 0 Å². The van der Waals surface area contributed by atoms with Gasteiger partial charge in [-0.15, -0.1) is 0 Å². The highest BCUT2D eigenvalue weighted by Gasteiger charge is 2.39. The molecular formula is C15H22Cl2N2O. The van der Waals surface area contributed by atoms with Gasteiger partial charge in [0.1, 0.15) is 15.9 Å². The van der Waals surface area contributed by atoms with E-state index < -0.39 is 5.60 Å². The molecule has 112 valence electrons. The molecule has 2 rings (SSSR count). The Morgan fingerprint density at radius 3 is 2.05 bits per heavy atom. The summed E-state index contributed by atoms with van der Waals surface area (Å²) < 4.78 is 5.78. The Balaban J connectivity index is 2.41. The highest BCUT2D eigenvalue weighted by molar-refractivity contribution is 6.34. The first-order valence-electron chi connectivity index (χ1n) is 7.18. The smallest absolute Gasteiger partial charge is 0.163 e. The van der Waals surface area contributed by atoms with Gasteiger partial charge in [0.2, 0.25) is 0 Å². The van der Waals surface area contributed by atoms with E-state index in [4.69, 9.17) is 27.9 Å². The second kappa shape index (κ2) is 6.17. The third kappa shape index (κ3) is 2.95. The zero-order valence-corrected chi connectivity index (χ0v) is 14.1. The molecular weight excluding hydrogens is 295 g/mol. The van der Waals surface area contributed by atoms with E-state index in [-0.39, 0.29) is 5.92 Å². The summed E-state index contributed by atoms with van der Waals surface area (Å²) in [6.07, 6.45) is 4.05. The second-order valence-corrected chi connectivity index (χ2v) is 6.79. The molecule has 0 N–H and O–H groups in total. The third-order valence-corrected chi connectivity index (χ3v) is 4.89. The molecule has 1 fully saturated rings. The van der Waals surface area contributed by atoms with Crippen molar-refractivity contribution in [2.75, 3.05) is 7.11 Å². The molecule has 0 spiro atoms. The molecule has 0 unspecified atom stereocenters. The van der Waals surface area contributed by atoms with Crippen molar-refractivity contribution in [1.29, 1.82) is 0 Å². The van der Waals surface area contributed by atoms with Crippen LogP contribution in [-0.2, 0) is 10.3 Å². The van der Waals surface area contributed by atoms with Crippen LogP contribution in [0.3, 0.4) is 0 Å². The number of hydrogen-bond acceptors (Lipinski definition) is 3. The molecule has 0 aliphatic heterocycles. The largest absolute Gasteiger partial charge is 0.370 e. The summed E-state index contributed by atoms with van der Waals surface area (Å²) in [4.78, 5) is 8.98. The lowest BCUT2D eigenvalue weighted by Crippen LogP contribution is -2.35. The molecule has 0 bridgehead atoms. The summed E-state index contributed by atoms with van der Waals surface area (Å²) in [7, 11) is 1.72. The highest BCUT2D eigenvalue weighted by atomic mass is 35.5. The van der Waals surface area contributed by atoms with Gasteiger partial charge < -0.3 is 4.74 Å². The highest BCUT2D eigenvalue weighted by Crippen LogP contribution is 2.42. The van der Waals surface area contributed by atoms with Gasteiger partial charge in [-0.1, -0.05) is 44.0 Å². The van der Waals surface area contributed by atoms with Crippen molar-refractivity contribution >= 4 is 23.2 Å². The Morgan fingerprint density at radius 2 is 1.65 bits per heavy atom. The summed E-state index contributed by atoms with van der Waals surface area (Å²) in [6.45, 7) is 6.33. The molecule has 1 aromatic heterocycles. The van der Waals surface area contributed by atoms with Gasteiger partial charge in [-0.3, -0.25) is 0 Å². The van der Waals surface area contributed by atoms with Crippen LogP contribution in [0.5, 0.6) is 0 Å². The fraction of sp³-hybridized carbons (Fsp3) is 0.733. The molecule has 1 aliphatic carbocycles. The van der Waals surface area contributed by atoms with E-state index in [1.807, 2.05) is 13.8 Å². The van der Waals surface area contributed by atoms with E-state index in [9.17, 15) is 0 Å². The minimum Gasteiger partial charge on any atom is -0.370 e. The van der Waals surface area contributed by atoms with Crippen molar-refractivity contribution in [3.05, 3.63) is 21.7 Å². The van der Waals surface area contributed by atoms with Crippen LogP contribution in [0.15, 0.2) is 0 Å². The van der Waals surface area contributed by atoms with Crippen molar-refractivity contribution in [1.82, 2.24) is 9.97 Å². The van der Waals surface area contributed by atoms with E-state index in [1.54, 1.807) is 7.11 Å². The topological polar surface area (TPSA) is 35.0 Å². The molecule has 0 aromatic carbocycles. The summed E-state index contributed by atoms with van der Waals surface area (Å²) in [5.41, 5.74) is 0.377. The van der Waals surface area contributed by atoms with Gasteiger partial charge in [-0.05, 0) is 37.5 Å². The van der Waals surface area contributed by atoms with Crippen molar-refractivity contribution in [3.8, 4) is 0 Å². The number of rotatable bonds is 3. The third-order valence-electron chi connectivity index (χ3n) is 4.31. The number of methoxy groups -OCH3 is 1. The Bertz CT molecular complexity index is 460. The van der Waals surface area contributed by atoms with Crippen molar-refractivity contribution in [2.24, 2.45) is 5.92 Å². The Morgan fingerprint density at radius 1 is 1.15 bits per heavy atom. The molecule has 1 aliphatic rings. The van der Waals surface area contributed by atoms with Crippen molar-refractivity contribution in [2.45, 2.75) is 58.0 Å². The minimum atomic E-state index is -0.435. The predicted octanol–water partition coefficient (Wildman–Crippen LogP) is 4.96. The van der Waals surface area contributed by atoms with Gasteiger partial charge in [0.05, 0.1) is 0 Å². The first-order valence-corrected chi connectivity index (χ1v) is 7.94. The van der Waals surface area contributed by atoms with Crippen molar-refractivity contribution < 1.29 is 4.74 Å². The second-order valence-electron chi connectivity index (χ2n) is 6.08. The van der Waals surface area contributed by atoms with Crippen LogP contribution < -0.4 is 0 Å². The van der Waals surface area contributed by atoms with Crippen LogP contribution in [0.1, 0.15) is 63.8 Å². The van der Waals surface area contributed by atoms with Crippen LogP contribution in [0.2, 0.25) is 10.3 Å². The molecule has 5 heteroatoms. The number of hydrogen-bond donors (Lipinski definition) is 0. The molecule has 0 saturated heterocycles. The fourth-order valence-corrected chi connectivity index (χ4v) is 3.67. The monoisotopic (exact) mass is 316 g/mol. The summed E-state index contributed by atoms with van der Waals surface area (Å²) in [6, 6.07) is 0. The van der Waals surface area contributed by atoms with Gasteiger partial charge in [-0.2, -0.15) is 0 Å². The van der Waals surface area contributed by atoms with Crippen LogP contribution in [0.25, 0.3) is 0 Å². The number of aromatic nitrogens is 2. The maximum atomic E-state index is 6.31. The summed E-state index contributed by atoms with van der Waals surface area (Å²) in [5.74, 6) is 1.55. The molecule has 1 saturated carbocycles. The first-order chi connectivity index (χ1) is 9.39. The Hall–Kier alpha value is -0.380. The fourth-order valence-electron chi connectivity index (χ4n) is 2.84. The standard InChI is InChI=1S/C15H22Cl2N2O/c1-9(2)11-12(16)18-14(19-13(11)17)15(20-4)7-5-10(3)6-8-15/h9-10H,5-8H2,1-4H3. The van der Waals surface area contributed by atoms with E-state index in [0.29, 0.717) is 16.1 Å². The van der Waals surface area contributed by atoms with Gasteiger partial charge in [0.25, 0.3) is 0 Å². The zero-order chi connectivity index (χ0) is 14.9. The van der Waals surface area contributed by atoms with Gasteiger partial charge in [-0.25, -0.2) is 9.97 Å². The normalized spacial score (nSPS) is 27.1. The van der Waals surface area contributed by atoms with Gasteiger partial charge in [0.15, 0.2) is 5.82 Å². The molecule has 0 atom stereocenters. The summed E-state index contributed by atoms with van der Waals surface area (Å²) in [5, 5.41) is 0.898. The van der Waals surface area contributed by atoms with Gasteiger partial charge >= 0.3 is 0 Å². The molecule has 20 heavy (non-hydrogen) atoms. The molecule has 0 amide bonds. The lowest BCUT2D eigenvalue weighted by molar-refractivity contribution is -0.0597. The lowest BCUT2D eigenvalue weighted by atomic mass is 9.79. The average Bonchev–Trinajstić information content (AvgIpc) is 2.38. The minimum absolute atomic E-state index is 0.203. The number of halogens is 2. The molecule has 1 heterocycles. The van der Waals surface area contributed by atoms with E-state index in [0.717, 1.165) is 37.2 Å². The predicted molar refractivity (Wildman–Crippen MR) is 82.5 cm³/mol. The average molecular weight is 317 g/mol. The van der Waals surface area contributed by atoms with Crippen LogP contribution in [-0.4, -0.2) is 17.1 Å². The SMILES string of the molecule is COC1(c2nc(Cl)c(C(C)C)c(Cl)n2)CCC(C)CC1. The quantitative estimate of drug-likeness (QED) is 0.739. The van der Waals surface area contributed by atoms with E-state index in [2.05, 4.69) is 16.9 Å². The maximum Gasteiger partial charge on any atom is 0.163 e. The van der Waals surface area contributed by atoms with E-state index >= 15 is 0 Å². The van der Waals surface area contributed by atoms with Gasteiger partial charge in [0, 0.05) is 12.7 Å². The number of nitrogens with zero attached hydrogens (tertiary/aromatic N) is 2. The summed E-state index contributed by atoms with van der Waals surface area (Å²) >= 11 is 12.6. The van der Waals surface area contributed by atoms with Crippen LogP contribution >= 0.6 is 23.2 Å².